The van der Waals surface area contributed by atoms with Gasteiger partial charge in [-0.2, -0.15) is 0 Å². The zero-order chi connectivity index (χ0) is 27.5. The highest BCUT2D eigenvalue weighted by atomic mass is 16.1. The van der Waals surface area contributed by atoms with Crippen molar-refractivity contribution in [2.24, 2.45) is 5.73 Å². The molecule has 2 heterocycles. The third kappa shape index (κ3) is 6.38. The number of nitrogens with two attached hydrogens (primary N) is 1. The quantitative estimate of drug-likeness (QED) is 0.145. The van der Waals surface area contributed by atoms with Crippen molar-refractivity contribution >= 4 is 52.1 Å². The van der Waals surface area contributed by atoms with Gasteiger partial charge >= 0.3 is 0 Å². The van der Waals surface area contributed by atoms with Crippen LogP contribution in [0.5, 0.6) is 0 Å². The van der Waals surface area contributed by atoms with Crippen molar-refractivity contribution in [3.8, 4) is 5.82 Å². The lowest BCUT2D eigenvalue weighted by Crippen LogP contribution is -2.16. The zero-order valence-electron chi connectivity index (χ0n) is 21.7. The minimum atomic E-state index is -0.404. The smallest absolute Gasteiger partial charge is 0.258 e. The molecule has 0 unspecified atom stereocenters. The molecule has 4 aromatic rings. The van der Waals surface area contributed by atoms with Gasteiger partial charge in [-0.05, 0) is 48.9 Å². The number of carbonyl (C=O) groups is 1. The maximum atomic E-state index is 12.3. The number of carbonyl (C=O) groups excluding carboxylic acids is 1. The fourth-order valence-corrected chi connectivity index (χ4v) is 3.52. The molecule has 194 valence electrons. The van der Waals surface area contributed by atoms with Crippen molar-refractivity contribution in [2.45, 2.75) is 27.2 Å². The minimum absolute atomic E-state index is 0.244. The number of aromatic nitrogens is 3. The van der Waals surface area contributed by atoms with Gasteiger partial charge in [0.2, 0.25) is 0 Å². The molecule has 9 nitrogen and oxygen atoms in total. The summed E-state index contributed by atoms with van der Waals surface area (Å²) < 4.78 is 1.71. The number of nitrogens with zero attached hydrogens (tertiary/aromatic N) is 3. The van der Waals surface area contributed by atoms with E-state index in [4.69, 9.17) is 21.7 Å². The van der Waals surface area contributed by atoms with Crippen LogP contribution in [0.4, 0.5) is 17.3 Å². The molecule has 0 radical (unpaired) electrons. The Hall–Kier alpha value is -5.05. The van der Waals surface area contributed by atoms with Gasteiger partial charge in [0.1, 0.15) is 5.82 Å². The molecule has 0 fully saturated rings. The van der Waals surface area contributed by atoms with Crippen LogP contribution < -0.4 is 16.4 Å². The number of amides is 1. The lowest BCUT2D eigenvalue weighted by molar-refractivity contribution is -0.112. The monoisotopic (exact) mass is 508 g/mol. The fraction of sp³-hybridized carbons (Fsp3) is 0.138. The van der Waals surface area contributed by atoms with Gasteiger partial charge in [0.15, 0.2) is 11.6 Å². The molecular weight excluding hydrogens is 476 g/mol. The summed E-state index contributed by atoms with van der Waals surface area (Å²) in [5.74, 6) is 1.13. The summed E-state index contributed by atoms with van der Waals surface area (Å²) in [5, 5.41) is 26.5. The second-order valence-electron chi connectivity index (χ2n) is 8.18. The van der Waals surface area contributed by atoms with Crippen LogP contribution in [0.15, 0.2) is 84.6 Å². The van der Waals surface area contributed by atoms with E-state index in [9.17, 15) is 4.79 Å². The van der Waals surface area contributed by atoms with E-state index in [0.717, 1.165) is 28.4 Å². The summed E-state index contributed by atoms with van der Waals surface area (Å²) in [5.41, 5.74) is 8.96. The molecule has 0 saturated heterocycles. The molecule has 9 heteroatoms. The van der Waals surface area contributed by atoms with Crippen LogP contribution in [-0.2, 0) is 4.79 Å². The first kappa shape index (κ1) is 27.5. The molecule has 0 aliphatic heterocycles. The van der Waals surface area contributed by atoms with Gasteiger partial charge in [-0.25, -0.2) is 9.67 Å². The van der Waals surface area contributed by atoms with Crippen molar-refractivity contribution in [2.75, 3.05) is 10.6 Å². The number of anilines is 3. The first-order chi connectivity index (χ1) is 18.5. The van der Waals surface area contributed by atoms with Crippen LogP contribution in [0.2, 0.25) is 0 Å². The fourth-order valence-electron chi connectivity index (χ4n) is 3.52. The molecule has 6 N–H and O–H groups in total. The summed E-state index contributed by atoms with van der Waals surface area (Å²) in [7, 11) is 0. The average molecular weight is 509 g/mol. The number of allylic oxidation sites excluding steroid dienone is 2. The molecule has 0 aliphatic rings. The molecule has 4 rings (SSSR count). The summed E-state index contributed by atoms with van der Waals surface area (Å²) in [6.45, 7) is 5.95. The van der Waals surface area contributed by atoms with Gasteiger partial charge in [0.25, 0.3) is 5.91 Å². The van der Waals surface area contributed by atoms with Gasteiger partial charge in [0.05, 0.1) is 11.1 Å². The number of hydrogen-bond donors (Lipinski definition) is 5. The third-order valence-corrected chi connectivity index (χ3v) is 5.33. The van der Waals surface area contributed by atoms with Gasteiger partial charge < -0.3 is 27.2 Å². The molecule has 0 atom stereocenters. The maximum Gasteiger partial charge on any atom is 0.258 e. The zero-order valence-corrected chi connectivity index (χ0v) is 21.7. The number of fused-ring (bicyclic) bond motifs is 1. The lowest BCUT2D eigenvalue weighted by Gasteiger charge is -2.08. The van der Waals surface area contributed by atoms with E-state index in [1.54, 1.807) is 35.9 Å². The Morgan fingerprint density at radius 3 is 2.34 bits per heavy atom. The van der Waals surface area contributed by atoms with Crippen molar-refractivity contribution in [3.05, 3.63) is 90.1 Å². The standard InChI is InChI=1S/C26H24N8O.C3H8/c1-2-17(14-27)26(35)32-23-8-5-9-24(31-23)34-22-7-4-3-6-21(22)25(33-34)30-20-12-10-18(11-13-20)19(15-28)16-29;1-3-2/h2-16,27-28H,29H2,1H3,(H,30,33)(H,31,32,35);3H2,1-2H3/b17-2+,19-16+,27-14?,28-15?;. The number of pyridine rings is 1. The predicted molar refractivity (Wildman–Crippen MR) is 157 cm³/mol. The molecule has 0 spiro atoms. The topological polar surface area (TPSA) is 146 Å². The minimum Gasteiger partial charge on any atom is -0.404 e. The molecular formula is C29H32N8O. The summed E-state index contributed by atoms with van der Waals surface area (Å²) in [6, 6.07) is 20.6. The highest BCUT2D eigenvalue weighted by Crippen LogP contribution is 2.28. The van der Waals surface area contributed by atoms with Gasteiger partial charge in [-0.1, -0.05) is 56.7 Å². The Morgan fingerprint density at radius 2 is 1.71 bits per heavy atom. The molecule has 0 bridgehead atoms. The number of rotatable bonds is 8. The second-order valence-corrected chi connectivity index (χ2v) is 8.18. The van der Waals surface area contributed by atoms with Crippen LogP contribution in [-0.4, -0.2) is 33.1 Å². The Morgan fingerprint density at radius 1 is 1.00 bits per heavy atom. The van der Waals surface area contributed by atoms with Crippen molar-refractivity contribution in [1.29, 1.82) is 10.8 Å². The van der Waals surface area contributed by atoms with Crippen LogP contribution >= 0.6 is 0 Å². The normalized spacial score (nSPS) is 11.3. The Kier molecular flexibility index (Phi) is 9.65. The van der Waals surface area contributed by atoms with Gasteiger partial charge in [-0.15, -0.1) is 5.10 Å². The highest BCUT2D eigenvalue weighted by Gasteiger charge is 2.14. The van der Waals surface area contributed by atoms with Crippen LogP contribution in [0, 0.1) is 10.8 Å². The van der Waals surface area contributed by atoms with E-state index in [2.05, 4.69) is 29.5 Å². The second kappa shape index (κ2) is 13.3. The first-order valence-corrected chi connectivity index (χ1v) is 12.2. The molecule has 2 aromatic heterocycles. The summed E-state index contributed by atoms with van der Waals surface area (Å²) in [6.07, 6.45) is 6.43. The van der Waals surface area contributed by atoms with Gasteiger partial charge in [-0.3, -0.25) is 4.79 Å². The van der Waals surface area contributed by atoms with Crippen LogP contribution in [0.25, 0.3) is 22.3 Å². The maximum absolute atomic E-state index is 12.3. The first-order valence-electron chi connectivity index (χ1n) is 12.2. The van der Waals surface area contributed by atoms with Gasteiger partial charge in [0, 0.05) is 35.3 Å². The Bertz CT molecular complexity index is 1480. The van der Waals surface area contributed by atoms with E-state index in [-0.39, 0.29) is 5.57 Å². The van der Waals surface area contributed by atoms with Crippen LogP contribution in [0.3, 0.4) is 0 Å². The number of hydrogen-bond acceptors (Lipinski definition) is 7. The van der Waals surface area contributed by atoms with Crippen molar-refractivity contribution in [1.82, 2.24) is 14.8 Å². The van der Waals surface area contributed by atoms with Crippen molar-refractivity contribution < 1.29 is 4.79 Å². The molecule has 2 aromatic carbocycles. The van der Waals surface area contributed by atoms with E-state index in [1.165, 1.54) is 18.8 Å². The number of benzene rings is 2. The highest BCUT2D eigenvalue weighted by molar-refractivity contribution is 6.16. The van der Waals surface area contributed by atoms with E-state index < -0.39 is 5.91 Å². The molecule has 0 saturated carbocycles. The third-order valence-electron chi connectivity index (χ3n) is 5.33. The van der Waals surface area contributed by atoms with E-state index >= 15 is 0 Å². The number of nitrogens with one attached hydrogen (secondary N) is 4. The Labute approximate surface area is 222 Å². The molecule has 38 heavy (non-hydrogen) atoms. The lowest BCUT2D eigenvalue weighted by atomic mass is 10.1. The van der Waals surface area contributed by atoms with E-state index in [0.29, 0.717) is 23.0 Å². The molecule has 1 amide bonds. The average Bonchev–Trinajstić information content (AvgIpc) is 3.30. The summed E-state index contributed by atoms with van der Waals surface area (Å²) in [4.78, 5) is 16.9. The Balaban J connectivity index is 0.00000127. The van der Waals surface area contributed by atoms with E-state index in [1.807, 2.05) is 48.5 Å². The van der Waals surface area contributed by atoms with Crippen molar-refractivity contribution in [3.63, 3.8) is 0 Å². The van der Waals surface area contributed by atoms with Crippen LogP contribution in [0.1, 0.15) is 32.8 Å². The largest absolute Gasteiger partial charge is 0.404 e. The molecule has 0 aliphatic carbocycles. The summed E-state index contributed by atoms with van der Waals surface area (Å²) >= 11 is 0. The number of para-hydroxylation sites is 1. The SMILES string of the molecule is C/C=C(\C=N)C(=O)Nc1cccc(-n2nc(Nc3ccc(/C(C=N)=C/N)cc3)c3ccccc32)n1.CCC. The predicted octanol–water partition coefficient (Wildman–Crippen LogP) is 6.06.